The molecule has 0 radical (unpaired) electrons. The summed E-state index contributed by atoms with van der Waals surface area (Å²) in [5.74, 6) is -1.97. The van der Waals surface area contributed by atoms with Crippen molar-refractivity contribution in [1.82, 2.24) is 30.3 Å². The molecule has 1 saturated heterocycles. The Balaban J connectivity index is 0.837. The fourth-order valence-corrected chi connectivity index (χ4v) is 9.17. The van der Waals surface area contributed by atoms with Crippen LogP contribution in [0, 0.1) is 26.6 Å². The summed E-state index contributed by atoms with van der Waals surface area (Å²) in [4.78, 5) is 71.3. The fraction of sp³-hybridized carbons (Fsp3) is 0.318. The van der Waals surface area contributed by atoms with E-state index in [2.05, 4.69) is 40.0 Å². The number of aromatic nitrogens is 3. The van der Waals surface area contributed by atoms with Gasteiger partial charge in [-0.2, -0.15) is 0 Å². The molecule has 18 heteroatoms. The maximum absolute atomic E-state index is 15.3. The number of rotatable bonds is 14. The number of carbonyl (C=O) groups excluding carboxylic acids is 5. The zero-order valence-electron chi connectivity index (χ0n) is 34.2. The Bertz CT molecular complexity index is 2660. The Morgan fingerprint density at radius 1 is 1.00 bits per heavy atom. The Kier molecular flexibility index (Phi) is 12.0. The summed E-state index contributed by atoms with van der Waals surface area (Å²) in [5, 5.41) is 18.7. The highest BCUT2D eigenvalue weighted by atomic mass is 35.5. The highest BCUT2D eigenvalue weighted by molar-refractivity contribution is 7.15. The van der Waals surface area contributed by atoms with Crippen molar-refractivity contribution in [2.45, 2.75) is 65.1 Å². The van der Waals surface area contributed by atoms with Crippen molar-refractivity contribution in [2.75, 3.05) is 31.7 Å². The largest absolute Gasteiger partial charge is 0.488 e. The number of imide groups is 2. The molecule has 3 aliphatic rings. The average Bonchev–Trinajstić information content (AvgIpc) is 3.82. The third-order valence-corrected chi connectivity index (χ3v) is 12.5. The monoisotopic (exact) mass is 880 g/mol. The lowest BCUT2D eigenvalue weighted by Crippen LogP contribution is -2.54. The molecule has 5 amide bonds. The van der Waals surface area contributed by atoms with Crippen LogP contribution in [0.2, 0.25) is 5.02 Å². The average molecular weight is 881 g/mol. The van der Waals surface area contributed by atoms with Gasteiger partial charge in [-0.05, 0) is 81.6 Å². The van der Waals surface area contributed by atoms with Crippen molar-refractivity contribution in [2.24, 2.45) is 4.99 Å². The van der Waals surface area contributed by atoms with Crippen LogP contribution in [0.4, 0.5) is 10.1 Å². The summed E-state index contributed by atoms with van der Waals surface area (Å²) in [6.07, 6.45) is 0.0673. The highest BCUT2D eigenvalue weighted by Gasteiger charge is 2.45. The van der Waals surface area contributed by atoms with E-state index in [0.29, 0.717) is 27.9 Å². The van der Waals surface area contributed by atoms with Gasteiger partial charge in [0, 0.05) is 39.7 Å². The van der Waals surface area contributed by atoms with Gasteiger partial charge in [-0.3, -0.25) is 43.7 Å². The molecule has 320 valence electrons. The topological polar surface area (TPSA) is 186 Å². The lowest BCUT2D eigenvalue weighted by Gasteiger charge is -2.27. The molecule has 3 aromatic carbocycles. The van der Waals surface area contributed by atoms with E-state index in [1.165, 1.54) is 18.2 Å². The van der Waals surface area contributed by atoms with Gasteiger partial charge in [0.25, 0.3) is 11.8 Å². The zero-order chi connectivity index (χ0) is 43.8. The molecule has 2 aromatic heterocycles. The second-order valence-corrected chi connectivity index (χ2v) is 16.8. The fourth-order valence-electron chi connectivity index (χ4n) is 7.83. The molecule has 0 aliphatic carbocycles. The molecule has 3 atom stereocenters. The molecule has 3 N–H and O–H groups in total. The molecule has 15 nitrogen and oxygen atoms in total. The summed E-state index contributed by atoms with van der Waals surface area (Å²) in [7, 11) is 0. The molecule has 3 aliphatic heterocycles. The predicted octanol–water partition coefficient (Wildman–Crippen LogP) is 6.11. The molecular formula is C44H42ClFN8O7S. The number of aliphatic imine (C=N–C) groups is 1. The van der Waals surface area contributed by atoms with Gasteiger partial charge in [0.15, 0.2) is 17.4 Å². The molecular weight excluding hydrogens is 839 g/mol. The van der Waals surface area contributed by atoms with Crippen molar-refractivity contribution >= 4 is 63.9 Å². The SMILES string of the molecule is Cc1sc2c(c1C)C(c1ccc(Cl)cc1)=N[C@@H](CC(=O)N[C@@H](C)c1ccc(OCCOCCNc3cccc4c3C(=O)N(C3CCC(=O)NC3=O)C4=O)c(F)c1)c1nnc(C)n1-2. The van der Waals surface area contributed by atoms with E-state index in [4.69, 9.17) is 26.1 Å². The van der Waals surface area contributed by atoms with E-state index in [-0.39, 0.29) is 68.4 Å². The predicted molar refractivity (Wildman–Crippen MR) is 229 cm³/mol. The zero-order valence-corrected chi connectivity index (χ0v) is 35.8. The standard InChI is InChI=1S/C44H42ClFN8O7S/c1-22-24(3)62-44-37(22)39(26-8-11-28(45)12-9-26)49-32(40-52-51-25(4)53(40)44)21-36(56)48-23(2)27-10-14-34(30(46)20-27)61-19-18-60-17-16-47-31-7-5-6-29-38(31)43(59)54(42(29)58)33-13-15-35(55)50-41(33)57/h5-12,14,20,23,32-33,47H,13,15-19,21H2,1-4H3,(H,48,56)(H,50,55,57)/t23-,32-,33?/m0/s1. The molecule has 1 fully saturated rings. The number of benzene rings is 3. The second kappa shape index (κ2) is 17.6. The number of hydrogen-bond donors (Lipinski definition) is 3. The number of amides is 5. The molecule has 0 bridgehead atoms. The Hall–Kier alpha value is -6.30. The second-order valence-electron chi connectivity index (χ2n) is 15.2. The maximum atomic E-state index is 15.3. The van der Waals surface area contributed by atoms with E-state index in [0.717, 1.165) is 37.2 Å². The maximum Gasteiger partial charge on any atom is 0.264 e. The molecule has 8 rings (SSSR count). The summed E-state index contributed by atoms with van der Waals surface area (Å²) >= 11 is 7.86. The minimum Gasteiger partial charge on any atom is -0.488 e. The number of ether oxygens (including phenoxy) is 2. The number of nitrogens with zero attached hydrogens (tertiary/aromatic N) is 5. The van der Waals surface area contributed by atoms with E-state index in [1.807, 2.05) is 35.8 Å². The van der Waals surface area contributed by atoms with Crippen LogP contribution in [0.5, 0.6) is 5.75 Å². The molecule has 0 spiro atoms. The Morgan fingerprint density at radius 3 is 2.55 bits per heavy atom. The summed E-state index contributed by atoms with van der Waals surface area (Å²) in [6, 6.07) is 14.5. The Labute approximate surface area is 364 Å². The van der Waals surface area contributed by atoms with Crippen LogP contribution >= 0.6 is 22.9 Å². The van der Waals surface area contributed by atoms with Crippen molar-refractivity contribution < 1.29 is 37.8 Å². The van der Waals surface area contributed by atoms with Crippen molar-refractivity contribution in [3.63, 3.8) is 0 Å². The first kappa shape index (κ1) is 42.4. The van der Waals surface area contributed by atoms with Crippen LogP contribution in [-0.4, -0.2) is 87.3 Å². The van der Waals surface area contributed by atoms with Crippen LogP contribution in [-0.2, 0) is 19.1 Å². The number of halogens is 2. The van der Waals surface area contributed by atoms with E-state index < -0.39 is 47.6 Å². The quantitative estimate of drug-likeness (QED) is 0.0868. The van der Waals surface area contributed by atoms with Crippen molar-refractivity contribution in [3.05, 3.63) is 121 Å². The van der Waals surface area contributed by atoms with Gasteiger partial charge >= 0.3 is 0 Å². The molecule has 5 aromatic rings. The molecule has 0 saturated carbocycles. The van der Waals surface area contributed by atoms with Gasteiger partial charge in [-0.15, -0.1) is 21.5 Å². The summed E-state index contributed by atoms with van der Waals surface area (Å²) < 4.78 is 28.5. The van der Waals surface area contributed by atoms with Crippen LogP contribution in [0.15, 0.2) is 65.7 Å². The molecule has 62 heavy (non-hydrogen) atoms. The minimum absolute atomic E-state index is 0.0211. The smallest absolute Gasteiger partial charge is 0.264 e. The Morgan fingerprint density at radius 2 is 1.79 bits per heavy atom. The number of hydrogen-bond acceptors (Lipinski definition) is 12. The third kappa shape index (κ3) is 8.22. The number of thiophene rings is 1. The van der Waals surface area contributed by atoms with Gasteiger partial charge in [0.1, 0.15) is 29.5 Å². The number of carbonyl (C=O) groups is 5. The first-order valence-electron chi connectivity index (χ1n) is 20.0. The van der Waals surface area contributed by atoms with Crippen molar-refractivity contribution in [1.29, 1.82) is 0 Å². The lowest BCUT2D eigenvalue weighted by molar-refractivity contribution is -0.136. The molecule has 5 heterocycles. The lowest BCUT2D eigenvalue weighted by atomic mass is 9.99. The van der Waals surface area contributed by atoms with Crippen LogP contribution in [0.1, 0.15) is 97.8 Å². The van der Waals surface area contributed by atoms with Crippen LogP contribution in [0.3, 0.4) is 0 Å². The number of anilines is 1. The summed E-state index contributed by atoms with van der Waals surface area (Å²) in [5.41, 5.74) is 4.91. The molecule has 1 unspecified atom stereocenters. The van der Waals surface area contributed by atoms with E-state index in [1.54, 1.807) is 36.5 Å². The van der Waals surface area contributed by atoms with Gasteiger partial charge in [-0.25, -0.2) is 4.39 Å². The van der Waals surface area contributed by atoms with Gasteiger partial charge < -0.3 is 20.1 Å². The number of nitrogens with one attached hydrogen (secondary N) is 3. The van der Waals surface area contributed by atoms with Gasteiger partial charge in [0.05, 0.1) is 42.5 Å². The van der Waals surface area contributed by atoms with Gasteiger partial charge in [0.2, 0.25) is 17.7 Å². The van der Waals surface area contributed by atoms with E-state index >= 15 is 4.39 Å². The number of fused-ring (bicyclic) bond motifs is 4. The van der Waals surface area contributed by atoms with Crippen LogP contribution in [0.25, 0.3) is 5.00 Å². The summed E-state index contributed by atoms with van der Waals surface area (Å²) in [6.45, 7) is 8.42. The van der Waals surface area contributed by atoms with E-state index in [9.17, 15) is 24.0 Å². The normalized spacial score (nSPS) is 17.5. The van der Waals surface area contributed by atoms with Gasteiger partial charge in [-0.1, -0.05) is 35.9 Å². The minimum atomic E-state index is -1.06. The highest BCUT2D eigenvalue weighted by Crippen LogP contribution is 2.40. The first-order chi connectivity index (χ1) is 29.8. The van der Waals surface area contributed by atoms with Crippen molar-refractivity contribution in [3.8, 4) is 10.8 Å². The third-order valence-electron chi connectivity index (χ3n) is 11.1. The number of aryl methyl sites for hydroxylation is 2. The number of piperidine rings is 1. The first-order valence-corrected chi connectivity index (χ1v) is 21.2. The van der Waals surface area contributed by atoms with Crippen LogP contribution < -0.4 is 20.7 Å².